The maximum absolute atomic E-state index is 6.44. The molecule has 0 aliphatic heterocycles. The van der Waals surface area contributed by atoms with Crippen LogP contribution in [-0.2, 0) is 0 Å². The van der Waals surface area contributed by atoms with Gasteiger partial charge in [-0.3, -0.25) is 0 Å². The predicted octanol–water partition coefficient (Wildman–Crippen LogP) is 14.8. The van der Waals surface area contributed by atoms with Crippen molar-refractivity contribution in [1.29, 1.82) is 0 Å². The quantitative estimate of drug-likeness (QED) is 0.193. The maximum Gasteiger partial charge on any atom is 0.137 e. The summed E-state index contributed by atoms with van der Waals surface area (Å²) in [4.78, 5) is 0. The standard InChI is InChI=1S/C52H32N2O2/c1-2-12-37(13-3-1)53-46-23-19-34(27-41(46)36-21-25-51-44(29-36)39-14-6-8-16-49(39)55-51)35-20-24-47-42(28-35)43-30-45-40-15-7-9-17-50(40)56-52(45)31-48(43)54(47)38-22-18-32-10-4-5-11-33(32)26-38/h1-31,53H. The van der Waals surface area contributed by atoms with E-state index in [9.17, 15) is 0 Å². The molecule has 0 saturated carbocycles. The second-order valence-electron chi connectivity index (χ2n) is 14.6. The number of hydrogen-bond donors (Lipinski definition) is 1. The second-order valence-corrected chi connectivity index (χ2v) is 14.6. The monoisotopic (exact) mass is 716 g/mol. The number of hydrogen-bond acceptors (Lipinski definition) is 3. The van der Waals surface area contributed by atoms with Crippen molar-refractivity contribution in [2.24, 2.45) is 0 Å². The van der Waals surface area contributed by atoms with Crippen molar-refractivity contribution < 1.29 is 8.83 Å². The molecule has 0 spiro atoms. The number of furan rings is 2. The Hall–Kier alpha value is -7.56. The minimum Gasteiger partial charge on any atom is -0.456 e. The molecule has 3 aromatic heterocycles. The van der Waals surface area contributed by atoms with E-state index in [4.69, 9.17) is 8.83 Å². The number of rotatable bonds is 5. The Morgan fingerprint density at radius 3 is 1.82 bits per heavy atom. The fraction of sp³-hybridized carbons (Fsp3) is 0. The predicted molar refractivity (Wildman–Crippen MR) is 233 cm³/mol. The Labute approximate surface area is 321 Å². The lowest BCUT2D eigenvalue weighted by Crippen LogP contribution is -1.95. The molecule has 0 saturated heterocycles. The summed E-state index contributed by atoms with van der Waals surface area (Å²) < 4.78 is 15.0. The van der Waals surface area contributed by atoms with E-state index in [0.29, 0.717) is 0 Å². The van der Waals surface area contributed by atoms with E-state index in [1.807, 2.05) is 30.3 Å². The summed E-state index contributed by atoms with van der Waals surface area (Å²) in [6.07, 6.45) is 0. The van der Waals surface area contributed by atoms with Gasteiger partial charge in [-0.1, -0.05) is 103 Å². The minimum atomic E-state index is 0.886. The number of nitrogens with one attached hydrogen (secondary N) is 1. The summed E-state index contributed by atoms with van der Waals surface area (Å²) in [5.74, 6) is 0. The minimum absolute atomic E-state index is 0.886. The molecule has 0 bridgehead atoms. The van der Waals surface area contributed by atoms with Crippen molar-refractivity contribution >= 4 is 87.8 Å². The van der Waals surface area contributed by atoms with Crippen LogP contribution in [-0.4, -0.2) is 4.57 Å². The molecule has 12 rings (SSSR count). The van der Waals surface area contributed by atoms with Crippen LogP contribution < -0.4 is 5.32 Å². The van der Waals surface area contributed by atoms with Crippen molar-refractivity contribution in [2.75, 3.05) is 5.32 Å². The third-order valence-electron chi connectivity index (χ3n) is 11.3. The molecule has 0 aliphatic rings. The summed E-state index contributed by atoms with van der Waals surface area (Å²) in [6.45, 7) is 0. The molecular formula is C52H32N2O2. The van der Waals surface area contributed by atoms with E-state index < -0.39 is 0 Å². The van der Waals surface area contributed by atoms with E-state index in [0.717, 1.165) is 94.2 Å². The highest BCUT2D eigenvalue weighted by molar-refractivity contribution is 6.18. The van der Waals surface area contributed by atoms with Crippen LogP contribution in [0.5, 0.6) is 0 Å². The fourth-order valence-corrected chi connectivity index (χ4v) is 8.65. The van der Waals surface area contributed by atoms with Crippen molar-refractivity contribution in [1.82, 2.24) is 4.57 Å². The third kappa shape index (κ3) is 4.79. The van der Waals surface area contributed by atoms with E-state index >= 15 is 0 Å². The molecule has 4 heteroatoms. The largest absolute Gasteiger partial charge is 0.456 e. The van der Waals surface area contributed by atoms with Crippen LogP contribution in [0.1, 0.15) is 0 Å². The van der Waals surface area contributed by atoms with Crippen LogP contribution in [0.25, 0.3) is 104 Å². The molecule has 3 heterocycles. The van der Waals surface area contributed by atoms with Crippen LogP contribution in [0.15, 0.2) is 197 Å². The highest BCUT2D eigenvalue weighted by atomic mass is 16.3. The van der Waals surface area contributed by atoms with E-state index in [1.54, 1.807) is 0 Å². The van der Waals surface area contributed by atoms with E-state index in [2.05, 4.69) is 168 Å². The number of aromatic nitrogens is 1. The van der Waals surface area contributed by atoms with Crippen molar-refractivity contribution in [3.05, 3.63) is 188 Å². The summed E-state index contributed by atoms with van der Waals surface area (Å²) >= 11 is 0. The maximum atomic E-state index is 6.44. The van der Waals surface area contributed by atoms with E-state index in [-0.39, 0.29) is 0 Å². The molecule has 0 amide bonds. The summed E-state index contributed by atoms with van der Waals surface area (Å²) in [6, 6.07) is 66.9. The molecule has 0 aliphatic carbocycles. The van der Waals surface area contributed by atoms with Crippen molar-refractivity contribution in [2.45, 2.75) is 0 Å². The van der Waals surface area contributed by atoms with Gasteiger partial charge in [0.05, 0.1) is 11.0 Å². The van der Waals surface area contributed by atoms with Gasteiger partial charge in [-0.05, 0) is 106 Å². The lowest BCUT2D eigenvalue weighted by Gasteiger charge is -2.15. The van der Waals surface area contributed by atoms with Crippen LogP contribution in [0, 0.1) is 0 Å². The zero-order chi connectivity index (χ0) is 36.7. The lowest BCUT2D eigenvalue weighted by atomic mass is 9.95. The Bertz CT molecular complexity index is 3510. The molecule has 1 N–H and O–H groups in total. The number of benzene rings is 9. The highest BCUT2D eigenvalue weighted by Crippen LogP contribution is 2.42. The van der Waals surface area contributed by atoms with Gasteiger partial charge < -0.3 is 18.7 Å². The molecule has 56 heavy (non-hydrogen) atoms. The zero-order valence-electron chi connectivity index (χ0n) is 30.2. The van der Waals surface area contributed by atoms with Gasteiger partial charge in [0.25, 0.3) is 0 Å². The topological polar surface area (TPSA) is 43.2 Å². The molecule has 0 unspecified atom stereocenters. The van der Waals surface area contributed by atoms with Gasteiger partial charge in [-0.2, -0.15) is 0 Å². The third-order valence-corrected chi connectivity index (χ3v) is 11.3. The Kier molecular flexibility index (Phi) is 6.60. The first-order chi connectivity index (χ1) is 27.7. The van der Waals surface area contributed by atoms with Gasteiger partial charge in [-0.25, -0.2) is 0 Å². The van der Waals surface area contributed by atoms with Gasteiger partial charge in [-0.15, -0.1) is 0 Å². The Morgan fingerprint density at radius 2 is 0.982 bits per heavy atom. The normalized spacial score (nSPS) is 11.9. The molecular weight excluding hydrogens is 685 g/mol. The van der Waals surface area contributed by atoms with Crippen molar-refractivity contribution in [3.63, 3.8) is 0 Å². The Morgan fingerprint density at radius 1 is 0.357 bits per heavy atom. The molecule has 4 nitrogen and oxygen atoms in total. The highest BCUT2D eigenvalue weighted by Gasteiger charge is 2.19. The Balaban J connectivity index is 1.08. The molecule has 12 aromatic rings. The zero-order valence-corrected chi connectivity index (χ0v) is 30.2. The van der Waals surface area contributed by atoms with Gasteiger partial charge >= 0.3 is 0 Å². The molecule has 0 fully saturated rings. The smallest absolute Gasteiger partial charge is 0.137 e. The van der Waals surface area contributed by atoms with Crippen LogP contribution in [0.4, 0.5) is 11.4 Å². The van der Waals surface area contributed by atoms with Crippen LogP contribution in [0.2, 0.25) is 0 Å². The number of fused-ring (bicyclic) bond motifs is 10. The van der Waals surface area contributed by atoms with Gasteiger partial charge in [0, 0.05) is 61.0 Å². The van der Waals surface area contributed by atoms with Gasteiger partial charge in [0.2, 0.25) is 0 Å². The molecule has 262 valence electrons. The first-order valence-corrected chi connectivity index (χ1v) is 19.0. The van der Waals surface area contributed by atoms with E-state index in [1.165, 1.54) is 21.5 Å². The van der Waals surface area contributed by atoms with Crippen LogP contribution >= 0.6 is 0 Å². The van der Waals surface area contributed by atoms with Gasteiger partial charge in [0.15, 0.2) is 0 Å². The lowest BCUT2D eigenvalue weighted by molar-refractivity contribution is 0.668. The molecule has 0 radical (unpaired) electrons. The average molecular weight is 717 g/mol. The number of anilines is 2. The van der Waals surface area contributed by atoms with Crippen molar-refractivity contribution in [3.8, 4) is 27.9 Å². The summed E-state index contributed by atoms with van der Waals surface area (Å²) in [5, 5.41) is 13.0. The van der Waals surface area contributed by atoms with Crippen LogP contribution in [0.3, 0.4) is 0 Å². The number of para-hydroxylation sites is 3. The number of nitrogens with zero attached hydrogens (tertiary/aromatic N) is 1. The first-order valence-electron chi connectivity index (χ1n) is 19.0. The SMILES string of the molecule is c1ccc(Nc2ccc(-c3ccc4c(c3)c3cc5c(cc3n4-c3ccc4ccccc4c3)oc3ccccc35)cc2-c2ccc3oc4ccccc4c3c2)cc1. The first kappa shape index (κ1) is 30.9. The van der Waals surface area contributed by atoms with Gasteiger partial charge in [0.1, 0.15) is 22.3 Å². The summed E-state index contributed by atoms with van der Waals surface area (Å²) in [5.41, 5.74) is 13.5. The molecule has 0 atom stereocenters. The molecule has 9 aromatic carbocycles. The average Bonchev–Trinajstić information content (AvgIpc) is 3.91. The summed E-state index contributed by atoms with van der Waals surface area (Å²) in [7, 11) is 0. The second kappa shape index (κ2) is 12.0. The fourth-order valence-electron chi connectivity index (χ4n) is 8.65.